The van der Waals surface area contributed by atoms with Gasteiger partial charge in [0.2, 0.25) is 5.91 Å². The van der Waals surface area contributed by atoms with Gasteiger partial charge in [0.1, 0.15) is 6.61 Å². The van der Waals surface area contributed by atoms with Crippen molar-refractivity contribution in [2.24, 2.45) is 5.92 Å². The summed E-state index contributed by atoms with van der Waals surface area (Å²) in [4.78, 5) is 12.0. The quantitative estimate of drug-likeness (QED) is 0.841. The molecule has 1 aliphatic rings. The molecule has 1 amide bonds. The van der Waals surface area contributed by atoms with Crippen molar-refractivity contribution in [2.75, 3.05) is 23.4 Å². The highest BCUT2D eigenvalue weighted by atomic mass is 32.2. The van der Waals surface area contributed by atoms with Crippen LogP contribution in [-0.4, -0.2) is 29.1 Å². The second kappa shape index (κ2) is 7.98. The standard InChI is InChI=1S/C16H19NO2S/c18-9-1-2-13-3-5-15(6-4-13)17-16(19)12-14-7-10-20-11-8-14/h3-6,14,18H,7-12H2,(H,17,19). The number of hydrogen-bond acceptors (Lipinski definition) is 3. The molecule has 0 aliphatic carbocycles. The smallest absolute Gasteiger partial charge is 0.224 e. The van der Waals surface area contributed by atoms with Crippen LogP contribution in [0, 0.1) is 17.8 Å². The Labute approximate surface area is 124 Å². The number of amides is 1. The normalized spacial score (nSPS) is 15.2. The highest BCUT2D eigenvalue weighted by Gasteiger charge is 2.17. The maximum absolute atomic E-state index is 12.0. The first-order chi connectivity index (χ1) is 9.78. The zero-order valence-corrected chi connectivity index (χ0v) is 12.2. The topological polar surface area (TPSA) is 49.3 Å². The minimum absolute atomic E-state index is 0.0936. The van der Waals surface area contributed by atoms with Crippen molar-refractivity contribution < 1.29 is 9.90 Å². The lowest BCUT2D eigenvalue weighted by atomic mass is 9.98. The van der Waals surface area contributed by atoms with E-state index in [1.165, 1.54) is 11.5 Å². The fourth-order valence-corrected chi connectivity index (χ4v) is 3.41. The molecule has 20 heavy (non-hydrogen) atoms. The molecule has 1 fully saturated rings. The second-order valence-corrected chi connectivity index (χ2v) is 6.07. The van der Waals surface area contributed by atoms with Gasteiger partial charge in [0.25, 0.3) is 0 Å². The molecule has 1 heterocycles. The van der Waals surface area contributed by atoms with E-state index < -0.39 is 0 Å². The van der Waals surface area contributed by atoms with E-state index in [2.05, 4.69) is 17.2 Å². The fraction of sp³-hybridized carbons (Fsp3) is 0.438. The van der Waals surface area contributed by atoms with E-state index in [9.17, 15) is 4.79 Å². The third-order valence-corrected chi connectivity index (χ3v) is 4.34. The Bertz CT molecular complexity index is 495. The molecular formula is C16H19NO2S. The molecule has 106 valence electrons. The van der Waals surface area contributed by atoms with E-state index in [1.807, 2.05) is 36.0 Å². The van der Waals surface area contributed by atoms with Gasteiger partial charge in [-0.1, -0.05) is 11.8 Å². The molecule has 1 aliphatic heterocycles. The van der Waals surface area contributed by atoms with E-state index in [4.69, 9.17) is 5.11 Å². The van der Waals surface area contributed by atoms with E-state index in [1.54, 1.807) is 0 Å². The van der Waals surface area contributed by atoms with Gasteiger partial charge in [-0.3, -0.25) is 4.79 Å². The van der Waals surface area contributed by atoms with E-state index in [-0.39, 0.29) is 12.5 Å². The number of thioether (sulfide) groups is 1. The van der Waals surface area contributed by atoms with Crippen LogP contribution in [0.1, 0.15) is 24.8 Å². The summed E-state index contributed by atoms with van der Waals surface area (Å²) < 4.78 is 0. The SMILES string of the molecule is O=C(CC1CCSCC1)Nc1ccc(C#CCO)cc1. The van der Waals surface area contributed by atoms with Gasteiger partial charge in [-0.25, -0.2) is 0 Å². The minimum atomic E-state index is -0.141. The van der Waals surface area contributed by atoms with Crippen LogP contribution in [0.25, 0.3) is 0 Å². The zero-order valence-electron chi connectivity index (χ0n) is 11.4. The number of benzene rings is 1. The molecule has 0 unspecified atom stereocenters. The Morgan fingerprint density at radius 3 is 2.65 bits per heavy atom. The van der Waals surface area contributed by atoms with Gasteiger partial charge >= 0.3 is 0 Å². The number of aliphatic hydroxyl groups is 1. The summed E-state index contributed by atoms with van der Waals surface area (Å²) in [6.07, 6.45) is 2.91. The Hall–Kier alpha value is -1.44. The lowest BCUT2D eigenvalue weighted by molar-refractivity contribution is -0.117. The lowest BCUT2D eigenvalue weighted by Gasteiger charge is -2.20. The van der Waals surface area contributed by atoms with Gasteiger partial charge in [-0.05, 0) is 54.5 Å². The van der Waals surface area contributed by atoms with Gasteiger partial charge in [0.15, 0.2) is 0 Å². The highest BCUT2D eigenvalue weighted by molar-refractivity contribution is 7.99. The summed E-state index contributed by atoms with van der Waals surface area (Å²) in [5.74, 6) is 8.40. The van der Waals surface area contributed by atoms with Crippen LogP contribution in [0.4, 0.5) is 5.69 Å². The fourth-order valence-electron chi connectivity index (χ4n) is 2.20. The highest BCUT2D eigenvalue weighted by Crippen LogP contribution is 2.25. The monoisotopic (exact) mass is 289 g/mol. The molecule has 0 bridgehead atoms. The first-order valence-electron chi connectivity index (χ1n) is 6.85. The maximum Gasteiger partial charge on any atom is 0.224 e. The molecular weight excluding hydrogens is 270 g/mol. The van der Waals surface area contributed by atoms with Gasteiger partial charge in [-0.15, -0.1) is 0 Å². The molecule has 0 atom stereocenters. The predicted molar refractivity (Wildman–Crippen MR) is 83.7 cm³/mol. The number of aliphatic hydroxyl groups excluding tert-OH is 1. The first-order valence-corrected chi connectivity index (χ1v) is 8.01. The van der Waals surface area contributed by atoms with Crippen molar-refractivity contribution in [3.05, 3.63) is 29.8 Å². The van der Waals surface area contributed by atoms with Crippen LogP contribution < -0.4 is 5.32 Å². The second-order valence-electron chi connectivity index (χ2n) is 4.85. The van der Waals surface area contributed by atoms with Crippen LogP contribution >= 0.6 is 11.8 Å². The summed E-state index contributed by atoms with van der Waals surface area (Å²) in [7, 11) is 0. The summed E-state index contributed by atoms with van der Waals surface area (Å²) in [6, 6.07) is 7.37. The molecule has 4 heteroatoms. The van der Waals surface area contributed by atoms with Crippen LogP contribution in [0.2, 0.25) is 0 Å². The number of carbonyl (C=O) groups excluding carboxylic acids is 1. The summed E-state index contributed by atoms with van der Waals surface area (Å²) >= 11 is 1.98. The molecule has 0 saturated carbocycles. The Kier molecular flexibility index (Phi) is 5.97. The van der Waals surface area contributed by atoms with Crippen molar-refractivity contribution in [1.82, 2.24) is 0 Å². The van der Waals surface area contributed by atoms with Crippen molar-refractivity contribution >= 4 is 23.4 Å². The van der Waals surface area contributed by atoms with Crippen molar-refractivity contribution in [3.63, 3.8) is 0 Å². The van der Waals surface area contributed by atoms with Gasteiger partial charge in [-0.2, -0.15) is 11.8 Å². The van der Waals surface area contributed by atoms with E-state index >= 15 is 0 Å². The molecule has 3 nitrogen and oxygen atoms in total. The summed E-state index contributed by atoms with van der Waals surface area (Å²) in [6.45, 7) is -0.141. The molecule has 2 rings (SSSR count). The van der Waals surface area contributed by atoms with E-state index in [0.717, 1.165) is 24.1 Å². The predicted octanol–water partition coefficient (Wildman–Crippen LogP) is 2.50. The molecule has 2 N–H and O–H groups in total. The Morgan fingerprint density at radius 1 is 1.30 bits per heavy atom. The summed E-state index contributed by atoms with van der Waals surface area (Å²) in [5, 5.41) is 11.6. The lowest BCUT2D eigenvalue weighted by Crippen LogP contribution is -2.19. The van der Waals surface area contributed by atoms with Crippen molar-refractivity contribution in [1.29, 1.82) is 0 Å². The Balaban J connectivity index is 1.84. The zero-order chi connectivity index (χ0) is 14.2. The molecule has 0 radical (unpaired) electrons. The third kappa shape index (κ3) is 4.92. The molecule has 0 aromatic heterocycles. The molecule has 1 saturated heterocycles. The number of carbonyl (C=O) groups is 1. The van der Waals surface area contributed by atoms with Gasteiger partial charge in [0, 0.05) is 17.7 Å². The third-order valence-electron chi connectivity index (χ3n) is 3.30. The average molecular weight is 289 g/mol. The largest absolute Gasteiger partial charge is 0.384 e. The van der Waals surface area contributed by atoms with E-state index in [0.29, 0.717) is 12.3 Å². The first kappa shape index (κ1) is 15.0. The molecule has 1 aromatic carbocycles. The van der Waals surface area contributed by atoms with Crippen LogP contribution in [0.15, 0.2) is 24.3 Å². The number of anilines is 1. The van der Waals surface area contributed by atoms with Gasteiger partial charge in [0.05, 0.1) is 0 Å². The molecule has 0 spiro atoms. The van der Waals surface area contributed by atoms with Crippen LogP contribution in [-0.2, 0) is 4.79 Å². The van der Waals surface area contributed by atoms with Gasteiger partial charge < -0.3 is 10.4 Å². The van der Waals surface area contributed by atoms with Crippen molar-refractivity contribution in [2.45, 2.75) is 19.3 Å². The number of hydrogen-bond donors (Lipinski definition) is 2. The Morgan fingerprint density at radius 2 is 2.00 bits per heavy atom. The summed E-state index contributed by atoms with van der Waals surface area (Å²) in [5.41, 5.74) is 1.64. The minimum Gasteiger partial charge on any atom is -0.384 e. The maximum atomic E-state index is 12.0. The molecule has 1 aromatic rings. The average Bonchev–Trinajstić information content (AvgIpc) is 2.47. The number of nitrogens with one attached hydrogen (secondary N) is 1. The van der Waals surface area contributed by atoms with Crippen molar-refractivity contribution in [3.8, 4) is 11.8 Å². The van der Waals surface area contributed by atoms with Crippen LogP contribution in [0.3, 0.4) is 0 Å². The van der Waals surface area contributed by atoms with Crippen LogP contribution in [0.5, 0.6) is 0 Å². The number of rotatable bonds is 3.